The third-order valence-electron chi connectivity index (χ3n) is 10.7. The molecule has 0 saturated heterocycles. The van der Waals surface area contributed by atoms with Crippen LogP contribution in [0.15, 0.2) is 197 Å². The number of furan rings is 2. The van der Waals surface area contributed by atoms with Crippen molar-refractivity contribution in [2.24, 2.45) is 0 Å². The third-order valence-corrected chi connectivity index (χ3v) is 10.7. The highest BCUT2D eigenvalue weighted by Gasteiger charge is 2.23. The van der Waals surface area contributed by atoms with Crippen molar-refractivity contribution < 1.29 is 8.83 Å². The third kappa shape index (κ3) is 5.95. The minimum atomic E-state index is 0.486. The van der Waals surface area contributed by atoms with Gasteiger partial charge in [0.2, 0.25) is 0 Å². The molecule has 0 bridgehead atoms. The van der Waals surface area contributed by atoms with Crippen LogP contribution < -0.4 is 4.90 Å². The lowest BCUT2D eigenvalue weighted by Crippen LogP contribution is -2.10. The highest BCUT2D eigenvalue weighted by molar-refractivity contribution is 6.14. The number of benzene rings is 8. The fourth-order valence-corrected chi connectivity index (χ4v) is 7.99. The maximum absolute atomic E-state index is 7.60. The Labute approximate surface area is 338 Å². The SMILES string of the molecule is [C-]#[N+]c1cccc(-c2nc(-c3ccccc3)nc(-c3cccc4oc5cc(N(c6cccc(-c7ccccc7)c6)c6cccc7c6oc6ccccc67)ccc5c34)n2)c1. The fourth-order valence-electron chi connectivity index (χ4n) is 7.99. The Morgan fingerprint density at radius 3 is 1.92 bits per heavy atom. The Bertz CT molecular complexity index is 3420. The molecule has 0 aliphatic heterocycles. The van der Waals surface area contributed by atoms with E-state index in [0.717, 1.165) is 77.6 Å². The summed E-state index contributed by atoms with van der Waals surface area (Å²) in [6.07, 6.45) is 0. The van der Waals surface area contributed by atoms with Crippen LogP contribution in [-0.2, 0) is 0 Å². The summed E-state index contributed by atoms with van der Waals surface area (Å²) in [7, 11) is 0. The average molecular weight is 758 g/mol. The number of para-hydroxylation sites is 2. The molecule has 0 amide bonds. The molecule has 0 N–H and O–H groups in total. The lowest BCUT2D eigenvalue weighted by Gasteiger charge is -2.26. The van der Waals surface area contributed by atoms with Crippen molar-refractivity contribution in [1.29, 1.82) is 0 Å². The van der Waals surface area contributed by atoms with Gasteiger partial charge < -0.3 is 13.7 Å². The molecule has 59 heavy (non-hydrogen) atoms. The molecule has 276 valence electrons. The predicted molar refractivity (Wildman–Crippen MR) is 237 cm³/mol. The molecule has 0 radical (unpaired) electrons. The summed E-state index contributed by atoms with van der Waals surface area (Å²) in [6, 6.07) is 63.0. The van der Waals surface area contributed by atoms with Crippen LogP contribution in [0.2, 0.25) is 0 Å². The van der Waals surface area contributed by atoms with E-state index in [1.165, 1.54) is 0 Å². The molecule has 0 aliphatic rings. The lowest BCUT2D eigenvalue weighted by atomic mass is 10.0. The lowest BCUT2D eigenvalue weighted by molar-refractivity contribution is 0.667. The summed E-state index contributed by atoms with van der Waals surface area (Å²) >= 11 is 0. The predicted octanol–water partition coefficient (Wildman–Crippen LogP) is 14.4. The van der Waals surface area contributed by atoms with E-state index in [9.17, 15) is 0 Å². The Balaban J connectivity index is 1.10. The number of fused-ring (bicyclic) bond motifs is 6. The largest absolute Gasteiger partial charge is 0.456 e. The highest BCUT2D eigenvalue weighted by atomic mass is 16.3. The maximum Gasteiger partial charge on any atom is 0.187 e. The zero-order valence-electron chi connectivity index (χ0n) is 31.5. The van der Waals surface area contributed by atoms with Gasteiger partial charge in [-0.2, -0.15) is 0 Å². The summed E-state index contributed by atoms with van der Waals surface area (Å²) in [5.41, 5.74) is 11.0. The van der Waals surface area contributed by atoms with Crippen molar-refractivity contribution in [2.75, 3.05) is 4.90 Å². The standard InChI is InChI=1S/C52H31N5O2/c1-53-37-20-10-19-36(30-37)51-54-50(34-16-6-3-7-17-34)55-52(56-51)43-24-13-27-46-48(43)42-29-28-39(32-47(42)58-46)57(38-21-11-18-35(31-38)33-14-4-2-5-15-33)44-25-12-23-41-40-22-8-9-26-45(40)59-49(41)44/h2-32H. The minimum absolute atomic E-state index is 0.486. The van der Waals surface area contributed by atoms with Crippen LogP contribution in [0, 0.1) is 6.57 Å². The van der Waals surface area contributed by atoms with Gasteiger partial charge in [0.05, 0.1) is 17.9 Å². The molecule has 0 atom stereocenters. The van der Waals surface area contributed by atoms with Gasteiger partial charge in [0, 0.05) is 50.0 Å². The first-order valence-corrected chi connectivity index (χ1v) is 19.3. The molecule has 0 unspecified atom stereocenters. The Morgan fingerprint density at radius 1 is 0.424 bits per heavy atom. The van der Waals surface area contributed by atoms with E-state index in [2.05, 4.69) is 101 Å². The first-order chi connectivity index (χ1) is 29.2. The average Bonchev–Trinajstić information content (AvgIpc) is 3.88. The van der Waals surface area contributed by atoms with Gasteiger partial charge in [0.15, 0.2) is 28.7 Å². The number of rotatable bonds is 7. The number of aromatic nitrogens is 3. The van der Waals surface area contributed by atoms with Crippen molar-refractivity contribution >= 4 is 66.6 Å². The van der Waals surface area contributed by atoms with E-state index in [1.807, 2.05) is 91.0 Å². The first kappa shape index (κ1) is 34.0. The van der Waals surface area contributed by atoms with E-state index >= 15 is 0 Å². The minimum Gasteiger partial charge on any atom is -0.456 e. The van der Waals surface area contributed by atoms with Crippen molar-refractivity contribution in [2.45, 2.75) is 0 Å². The van der Waals surface area contributed by atoms with Crippen molar-refractivity contribution in [3.05, 3.63) is 199 Å². The van der Waals surface area contributed by atoms with Gasteiger partial charge in [0.1, 0.15) is 16.7 Å². The molecular weight excluding hydrogens is 727 g/mol. The van der Waals surface area contributed by atoms with E-state index in [4.69, 9.17) is 30.4 Å². The van der Waals surface area contributed by atoms with Crippen LogP contribution in [0.25, 0.3) is 94.0 Å². The Hall–Kier alpha value is -8.34. The second kappa shape index (κ2) is 14.0. The molecule has 0 aliphatic carbocycles. The first-order valence-electron chi connectivity index (χ1n) is 19.3. The molecular formula is C52H31N5O2. The number of hydrogen-bond acceptors (Lipinski definition) is 6. The molecule has 11 rings (SSSR count). The maximum atomic E-state index is 7.60. The van der Waals surface area contributed by atoms with Gasteiger partial charge in [-0.3, -0.25) is 0 Å². The van der Waals surface area contributed by atoms with Crippen LogP contribution in [0.4, 0.5) is 22.7 Å². The molecule has 7 heteroatoms. The van der Waals surface area contributed by atoms with E-state index in [0.29, 0.717) is 34.3 Å². The molecule has 3 heterocycles. The summed E-state index contributed by atoms with van der Waals surface area (Å²) in [4.78, 5) is 20.9. The quantitative estimate of drug-likeness (QED) is 0.151. The normalized spacial score (nSPS) is 11.4. The second-order valence-corrected chi connectivity index (χ2v) is 14.3. The van der Waals surface area contributed by atoms with Crippen LogP contribution >= 0.6 is 0 Å². The zero-order valence-corrected chi connectivity index (χ0v) is 31.5. The van der Waals surface area contributed by atoms with E-state index in [1.54, 1.807) is 6.07 Å². The highest BCUT2D eigenvalue weighted by Crippen LogP contribution is 2.45. The van der Waals surface area contributed by atoms with Crippen LogP contribution in [0.5, 0.6) is 0 Å². The van der Waals surface area contributed by atoms with Crippen molar-refractivity contribution in [3.63, 3.8) is 0 Å². The number of nitrogens with zero attached hydrogens (tertiary/aromatic N) is 5. The van der Waals surface area contributed by atoms with Crippen LogP contribution in [0.1, 0.15) is 0 Å². The van der Waals surface area contributed by atoms with Crippen molar-refractivity contribution in [3.8, 4) is 45.3 Å². The number of anilines is 3. The molecule has 11 aromatic rings. The Kier molecular flexibility index (Phi) is 8.05. The zero-order chi connectivity index (χ0) is 39.3. The monoisotopic (exact) mass is 757 g/mol. The molecule has 0 saturated carbocycles. The van der Waals surface area contributed by atoms with Gasteiger partial charge in [-0.15, -0.1) is 0 Å². The van der Waals surface area contributed by atoms with Gasteiger partial charge in [-0.1, -0.05) is 133 Å². The van der Waals surface area contributed by atoms with Gasteiger partial charge in [0.25, 0.3) is 0 Å². The Morgan fingerprint density at radius 2 is 1.07 bits per heavy atom. The molecule has 3 aromatic heterocycles. The molecule has 0 spiro atoms. The molecule has 7 nitrogen and oxygen atoms in total. The number of hydrogen-bond donors (Lipinski definition) is 0. The van der Waals surface area contributed by atoms with Gasteiger partial charge in [-0.25, -0.2) is 19.8 Å². The topological polar surface area (TPSA) is 72.6 Å². The van der Waals surface area contributed by atoms with Crippen molar-refractivity contribution in [1.82, 2.24) is 15.0 Å². The summed E-state index contributed by atoms with van der Waals surface area (Å²) in [6.45, 7) is 7.60. The van der Waals surface area contributed by atoms with Crippen LogP contribution in [-0.4, -0.2) is 15.0 Å². The summed E-state index contributed by atoms with van der Waals surface area (Å²) < 4.78 is 13.3. The summed E-state index contributed by atoms with van der Waals surface area (Å²) in [5.74, 6) is 1.54. The van der Waals surface area contributed by atoms with Gasteiger partial charge in [-0.05, 0) is 59.7 Å². The van der Waals surface area contributed by atoms with E-state index < -0.39 is 0 Å². The van der Waals surface area contributed by atoms with Gasteiger partial charge >= 0.3 is 0 Å². The molecule has 8 aromatic carbocycles. The van der Waals surface area contributed by atoms with E-state index in [-0.39, 0.29) is 0 Å². The summed E-state index contributed by atoms with van der Waals surface area (Å²) in [5, 5.41) is 3.94. The van der Waals surface area contributed by atoms with Crippen LogP contribution in [0.3, 0.4) is 0 Å². The molecule has 0 fully saturated rings. The smallest absolute Gasteiger partial charge is 0.187 e. The fraction of sp³-hybridized carbons (Fsp3) is 0. The second-order valence-electron chi connectivity index (χ2n) is 14.3.